The largest absolute Gasteiger partial charge is 0.496 e. The molecule has 1 N–H and O–H groups in total. The fraction of sp³-hybridized carbons (Fsp3) is 0.182. The van der Waals surface area contributed by atoms with Crippen LogP contribution in [0.3, 0.4) is 0 Å². The molecule has 3 heteroatoms. The van der Waals surface area contributed by atoms with Crippen molar-refractivity contribution in [3.63, 3.8) is 0 Å². The van der Waals surface area contributed by atoms with Crippen LogP contribution in [0.4, 0.5) is 0 Å². The van der Waals surface area contributed by atoms with E-state index in [1.54, 1.807) is 7.11 Å². The standard InChI is InChI=1S/C11H12N2O/c1-8-10(9-6-12-13-7-9)4-3-5-11(8)14-2/h3-7H,1-2H3,(H,12,13). The van der Waals surface area contributed by atoms with Crippen LogP contribution in [0, 0.1) is 6.92 Å². The van der Waals surface area contributed by atoms with Gasteiger partial charge in [-0.2, -0.15) is 5.10 Å². The predicted molar refractivity (Wildman–Crippen MR) is 55.3 cm³/mol. The lowest BCUT2D eigenvalue weighted by atomic mass is 10.0. The Morgan fingerprint density at radius 2 is 2.21 bits per heavy atom. The second-order valence-electron chi connectivity index (χ2n) is 3.12. The van der Waals surface area contributed by atoms with Crippen LogP contribution in [-0.2, 0) is 0 Å². The number of methoxy groups -OCH3 is 1. The van der Waals surface area contributed by atoms with Gasteiger partial charge >= 0.3 is 0 Å². The summed E-state index contributed by atoms with van der Waals surface area (Å²) in [7, 11) is 1.68. The highest BCUT2D eigenvalue weighted by Gasteiger charge is 2.06. The van der Waals surface area contributed by atoms with Crippen molar-refractivity contribution in [1.82, 2.24) is 10.2 Å². The van der Waals surface area contributed by atoms with Crippen molar-refractivity contribution in [2.45, 2.75) is 6.92 Å². The Kier molecular flexibility index (Phi) is 2.23. The zero-order valence-corrected chi connectivity index (χ0v) is 8.24. The van der Waals surface area contributed by atoms with Gasteiger partial charge in [0, 0.05) is 11.8 Å². The SMILES string of the molecule is COc1cccc(-c2cn[nH]c2)c1C. The maximum atomic E-state index is 5.25. The van der Waals surface area contributed by atoms with Crippen LogP contribution in [0.5, 0.6) is 5.75 Å². The van der Waals surface area contributed by atoms with Gasteiger partial charge in [0.1, 0.15) is 5.75 Å². The van der Waals surface area contributed by atoms with E-state index in [1.165, 1.54) is 0 Å². The molecular weight excluding hydrogens is 176 g/mol. The second-order valence-corrected chi connectivity index (χ2v) is 3.12. The Balaban J connectivity index is 2.54. The number of H-pyrrole nitrogens is 1. The summed E-state index contributed by atoms with van der Waals surface area (Å²) in [4.78, 5) is 0. The van der Waals surface area contributed by atoms with Crippen LogP contribution >= 0.6 is 0 Å². The third-order valence-electron chi connectivity index (χ3n) is 2.31. The van der Waals surface area contributed by atoms with Crippen molar-refractivity contribution in [3.8, 4) is 16.9 Å². The van der Waals surface area contributed by atoms with E-state index in [2.05, 4.69) is 16.3 Å². The van der Waals surface area contributed by atoms with Gasteiger partial charge in [-0.3, -0.25) is 5.10 Å². The molecule has 14 heavy (non-hydrogen) atoms. The van der Waals surface area contributed by atoms with Crippen molar-refractivity contribution >= 4 is 0 Å². The van der Waals surface area contributed by atoms with E-state index in [-0.39, 0.29) is 0 Å². The summed E-state index contributed by atoms with van der Waals surface area (Å²) >= 11 is 0. The molecule has 0 atom stereocenters. The van der Waals surface area contributed by atoms with Gasteiger partial charge in [0.05, 0.1) is 13.3 Å². The van der Waals surface area contributed by atoms with Gasteiger partial charge in [-0.25, -0.2) is 0 Å². The fourth-order valence-corrected chi connectivity index (χ4v) is 1.55. The van der Waals surface area contributed by atoms with Crippen molar-refractivity contribution in [2.24, 2.45) is 0 Å². The molecule has 3 nitrogen and oxygen atoms in total. The van der Waals surface area contributed by atoms with E-state index >= 15 is 0 Å². The first kappa shape index (κ1) is 8.81. The van der Waals surface area contributed by atoms with Gasteiger partial charge < -0.3 is 4.74 Å². The van der Waals surface area contributed by atoms with Gasteiger partial charge in [-0.15, -0.1) is 0 Å². The van der Waals surface area contributed by atoms with E-state index in [0.29, 0.717) is 0 Å². The van der Waals surface area contributed by atoms with E-state index in [1.807, 2.05) is 31.5 Å². The summed E-state index contributed by atoms with van der Waals surface area (Å²) in [6, 6.07) is 6.00. The first-order valence-corrected chi connectivity index (χ1v) is 4.45. The van der Waals surface area contributed by atoms with Crippen molar-refractivity contribution in [3.05, 3.63) is 36.2 Å². The number of nitrogens with one attached hydrogen (secondary N) is 1. The Morgan fingerprint density at radius 3 is 2.86 bits per heavy atom. The Labute approximate surface area is 82.7 Å². The van der Waals surface area contributed by atoms with Gasteiger partial charge in [0.2, 0.25) is 0 Å². The van der Waals surface area contributed by atoms with Crippen LogP contribution in [0.2, 0.25) is 0 Å². The first-order chi connectivity index (χ1) is 6.83. The van der Waals surface area contributed by atoms with Crippen molar-refractivity contribution in [1.29, 1.82) is 0 Å². The summed E-state index contributed by atoms with van der Waals surface area (Å²) in [6.45, 7) is 2.04. The zero-order chi connectivity index (χ0) is 9.97. The smallest absolute Gasteiger partial charge is 0.122 e. The number of hydrogen-bond acceptors (Lipinski definition) is 2. The van der Waals surface area contributed by atoms with Crippen LogP contribution in [-0.4, -0.2) is 17.3 Å². The topological polar surface area (TPSA) is 37.9 Å². The minimum atomic E-state index is 0.906. The Bertz CT molecular complexity index is 421. The Morgan fingerprint density at radius 1 is 1.36 bits per heavy atom. The van der Waals surface area contributed by atoms with Gasteiger partial charge in [-0.05, 0) is 24.1 Å². The maximum absolute atomic E-state index is 5.25. The third-order valence-corrected chi connectivity index (χ3v) is 2.31. The maximum Gasteiger partial charge on any atom is 0.122 e. The first-order valence-electron chi connectivity index (χ1n) is 4.45. The number of aromatic nitrogens is 2. The molecule has 72 valence electrons. The summed E-state index contributed by atoms with van der Waals surface area (Å²) in [6.07, 6.45) is 3.68. The Hall–Kier alpha value is -1.77. The number of ether oxygens (including phenoxy) is 1. The molecule has 0 radical (unpaired) electrons. The summed E-state index contributed by atoms with van der Waals surface area (Å²) in [5, 5.41) is 6.73. The fourth-order valence-electron chi connectivity index (χ4n) is 1.55. The molecule has 0 amide bonds. The lowest BCUT2D eigenvalue weighted by molar-refractivity contribution is 0.412. The molecule has 1 aromatic heterocycles. The van der Waals surface area contributed by atoms with E-state index in [0.717, 1.165) is 22.4 Å². The number of benzene rings is 1. The second kappa shape index (κ2) is 3.54. The number of rotatable bonds is 2. The minimum Gasteiger partial charge on any atom is -0.496 e. The molecule has 1 heterocycles. The molecule has 0 aliphatic carbocycles. The molecular formula is C11H12N2O. The van der Waals surface area contributed by atoms with E-state index in [9.17, 15) is 0 Å². The van der Waals surface area contributed by atoms with Crippen molar-refractivity contribution < 1.29 is 4.74 Å². The molecule has 2 rings (SSSR count). The highest BCUT2D eigenvalue weighted by atomic mass is 16.5. The lowest BCUT2D eigenvalue weighted by Gasteiger charge is -2.08. The van der Waals surface area contributed by atoms with Gasteiger partial charge in [0.15, 0.2) is 0 Å². The monoisotopic (exact) mass is 188 g/mol. The van der Waals surface area contributed by atoms with Crippen molar-refractivity contribution in [2.75, 3.05) is 7.11 Å². The molecule has 0 unspecified atom stereocenters. The number of hydrogen-bond donors (Lipinski definition) is 1. The molecule has 2 aromatic rings. The highest BCUT2D eigenvalue weighted by molar-refractivity contribution is 5.68. The van der Waals surface area contributed by atoms with E-state index < -0.39 is 0 Å². The summed E-state index contributed by atoms with van der Waals surface area (Å²) < 4.78 is 5.25. The summed E-state index contributed by atoms with van der Waals surface area (Å²) in [5.41, 5.74) is 3.37. The molecule has 0 aliphatic heterocycles. The summed E-state index contributed by atoms with van der Waals surface area (Å²) in [5.74, 6) is 0.906. The van der Waals surface area contributed by atoms with Crippen LogP contribution in [0.25, 0.3) is 11.1 Å². The average molecular weight is 188 g/mol. The normalized spacial score (nSPS) is 10.1. The van der Waals surface area contributed by atoms with Crippen LogP contribution in [0.1, 0.15) is 5.56 Å². The predicted octanol–water partition coefficient (Wildman–Crippen LogP) is 2.39. The molecule has 0 aliphatic rings. The highest BCUT2D eigenvalue weighted by Crippen LogP contribution is 2.28. The minimum absolute atomic E-state index is 0.906. The van der Waals surface area contributed by atoms with E-state index in [4.69, 9.17) is 4.74 Å². The molecule has 0 fully saturated rings. The van der Waals surface area contributed by atoms with Gasteiger partial charge in [-0.1, -0.05) is 12.1 Å². The molecule has 0 bridgehead atoms. The molecule has 0 saturated heterocycles. The average Bonchev–Trinajstić information content (AvgIpc) is 2.71. The quantitative estimate of drug-likeness (QED) is 0.785. The number of aromatic amines is 1. The lowest BCUT2D eigenvalue weighted by Crippen LogP contribution is -1.89. The molecule has 0 saturated carbocycles. The zero-order valence-electron chi connectivity index (χ0n) is 8.24. The number of nitrogens with zero attached hydrogens (tertiary/aromatic N) is 1. The third kappa shape index (κ3) is 1.37. The van der Waals surface area contributed by atoms with Gasteiger partial charge in [0.25, 0.3) is 0 Å². The molecule has 1 aromatic carbocycles. The van der Waals surface area contributed by atoms with Crippen LogP contribution in [0.15, 0.2) is 30.6 Å². The van der Waals surface area contributed by atoms with Crippen LogP contribution < -0.4 is 4.74 Å². The molecule has 0 spiro atoms.